The SMILES string of the molecule is Cc1cccc(C(=N)N)c1N(C)CC(F)F. The largest absolute Gasteiger partial charge is 0.384 e. The Morgan fingerprint density at radius 3 is 2.62 bits per heavy atom. The van der Waals surface area contributed by atoms with Crippen molar-refractivity contribution < 1.29 is 8.78 Å². The molecular formula is C11H15F2N3. The van der Waals surface area contributed by atoms with E-state index < -0.39 is 6.43 Å². The van der Waals surface area contributed by atoms with Crippen molar-refractivity contribution >= 4 is 11.5 Å². The quantitative estimate of drug-likeness (QED) is 0.610. The van der Waals surface area contributed by atoms with E-state index in [4.69, 9.17) is 11.1 Å². The summed E-state index contributed by atoms with van der Waals surface area (Å²) in [6, 6.07) is 5.22. The number of rotatable bonds is 4. The van der Waals surface area contributed by atoms with Crippen molar-refractivity contribution in [3.05, 3.63) is 29.3 Å². The molecule has 0 radical (unpaired) electrons. The number of amidine groups is 1. The fourth-order valence-corrected chi connectivity index (χ4v) is 1.68. The maximum absolute atomic E-state index is 12.3. The minimum Gasteiger partial charge on any atom is -0.384 e. The molecule has 0 aliphatic rings. The predicted octanol–water partition coefficient (Wildman–Crippen LogP) is 1.98. The number of halogens is 2. The fraction of sp³-hybridized carbons (Fsp3) is 0.364. The molecule has 1 aromatic carbocycles. The Labute approximate surface area is 93.4 Å². The van der Waals surface area contributed by atoms with E-state index in [1.165, 1.54) is 4.90 Å². The maximum atomic E-state index is 12.3. The number of nitrogens with one attached hydrogen (secondary N) is 1. The van der Waals surface area contributed by atoms with Crippen molar-refractivity contribution in [1.29, 1.82) is 5.41 Å². The number of nitrogen functional groups attached to an aromatic ring is 1. The van der Waals surface area contributed by atoms with Crippen LogP contribution in [0.2, 0.25) is 0 Å². The highest BCUT2D eigenvalue weighted by Gasteiger charge is 2.15. The first-order valence-electron chi connectivity index (χ1n) is 4.86. The molecule has 16 heavy (non-hydrogen) atoms. The Morgan fingerprint density at radius 2 is 2.12 bits per heavy atom. The van der Waals surface area contributed by atoms with E-state index in [0.717, 1.165) is 5.56 Å². The molecule has 0 bridgehead atoms. The van der Waals surface area contributed by atoms with Crippen molar-refractivity contribution in [2.45, 2.75) is 13.3 Å². The molecule has 0 fully saturated rings. The number of anilines is 1. The minimum absolute atomic E-state index is 0.111. The third-order valence-electron chi connectivity index (χ3n) is 2.32. The third-order valence-corrected chi connectivity index (χ3v) is 2.32. The Kier molecular flexibility index (Phi) is 3.82. The lowest BCUT2D eigenvalue weighted by molar-refractivity contribution is 0.156. The lowest BCUT2D eigenvalue weighted by Crippen LogP contribution is -2.27. The number of hydrogen-bond donors (Lipinski definition) is 2. The lowest BCUT2D eigenvalue weighted by Gasteiger charge is -2.23. The summed E-state index contributed by atoms with van der Waals surface area (Å²) < 4.78 is 24.6. The van der Waals surface area contributed by atoms with E-state index in [2.05, 4.69) is 0 Å². The van der Waals surface area contributed by atoms with E-state index in [1.54, 1.807) is 19.2 Å². The molecule has 0 amide bonds. The van der Waals surface area contributed by atoms with Crippen LogP contribution in [0.3, 0.4) is 0 Å². The van der Waals surface area contributed by atoms with Crippen molar-refractivity contribution in [1.82, 2.24) is 0 Å². The molecular weight excluding hydrogens is 212 g/mol. The van der Waals surface area contributed by atoms with Crippen LogP contribution in [0.5, 0.6) is 0 Å². The summed E-state index contributed by atoms with van der Waals surface area (Å²) in [5, 5.41) is 7.41. The molecule has 0 saturated heterocycles. The van der Waals surface area contributed by atoms with Crippen LogP contribution in [0, 0.1) is 12.3 Å². The van der Waals surface area contributed by atoms with Gasteiger partial charge in [0.05, 0.1) is 12.2 Å². The Hall–Kier alpha value is -1.65. The average Bonchev–Trinajstić information content (AvgIpc) is 2.15. The first-order chi connectivity index (χ1) is 7.43. The van der Waals surface area contributed by atoms with Crippen LogP contribution in [-0.4, -0.2) is 25.9 Å². The third kappa shape index (κ3) is 2.68. The number of alkyl halides is 2. The highest BCUT2D eigenvalue weighted by molar-refractivity contribution is 6.01. The van der Waals surface area contributed by atoms with E-state index in [-0.39, 0.29) is 12.4 Å². The second-order valence-corrected chi connectivity index (χ2v) is 3.66. The van der Waals surface area contributed by atoms with Gasteiger partial charge in [0, 0.05) is 12.6 Å². The zero-order chi connectivity index (χ0) is 12.3. The molecule has 0 unspecified atom stereocenters. The van der Waals surface area contributed by atoms with Crippen molar-refractivity contribution in [3.63, 3.8) is 0 Å². The first kappa shape index (κ1) is 12.4. The monoisotopic (exact) mass is 227 g/mol. The molecule has 0 spiro atoms. The van der Waals surface area contributed by atoms with Crippen LogP contribution < -0.4 is 10.6 Å². The zero-order valence-electron chi connectivity index (χ0n) is 9.30. The van der Waals surface area contributed by atoms with Gasteiger partial charge in [0.2, 0.25) is 0 Å². The molecule has 0 aromatic heterocycles. The first-order valence-corrected chi connectivity index (χ1v) is 4.86. The summed E-state index contributed by atoms with van der Waals surface area (Å²) in [7, 11) is 1.57. The molecule has 0 atom stereocenters. The van der Waals surface area contributed by atoms with Crippen LogP contribution in [0.15, 0.2) is 18.2 Å². The molecule has 3 N–H and O–H groups in total. The van der Waals surface area contributed by atoms with E-state index in [0.29, 0.717) is 11.3 Å². The molecule has 0 aliphatic heterocycles. The molecule has 5 heteroatoms. The van der Waals surface area contributed by atoms with Crippen LogP contribution in [0.1, 0.15) is 11.1 Å². The summed E-state index contributed by atoms with van der Waals surface area (Å²) in [4.78, 5) is 1.43. The predicted molar refractivity (Wildman–Crippen MR) is 61.5 cm³/mol. The van der Waals surface area contributed by atoms with E-state index in [9.17, 15) is 8.78 Å². The van der Waals surface area contributed by atoms with Crippen LogP contribution >= 0.6 is 0 Å². The zero-order valence-corrected chi connectivity index (χ0v) is 9.30. The Bertz CT molecular complexity index is 391. The van der Waals surface area contributed by atoms with Gasteiger partial charge < -0.3 is 10.6 Å². The smallest absolute Gasteiger partial charge is 0.255 e. The highest BCUT2D eigenvalue weighted by Crippen LogP contribution is 2.24. The van der Waals surface area contributed by atoms with Crippen LogP contribution in [0.4, 0.5) is 14.5 Å². The van der Waals surface area contributed by atoms with Gasteiger partial charge in [-0.3, -0.25) is 5.41 Å². The lowest BCUT2D eigenvalue weighted by atomic mass is 10.1. The van der Waals surface area contributed by atoms with Gasteiger partial charge in [-0.05, 0) is 18.6 Å². The van der Waals surface area contributed by atoms with Crippen LogP contribution in [-0.2, 0) is 0 Å². The maximum Gasteiger partial charge on any atom is 0.255 e. The molecule has 1 aromatic rings. The number of nitrogens with zero attached hydrogens (tertiary/aromatic N) is 1. The number of nitrogens with two attached hydrogens (primary N) is 1. The number of para-hydroxylation sites is 1. The van der Waals surface area contributed by atoms with Crippen LogP contribution in [0.25, 0.3) is 0 Å². The van der Waals surface area contributed by atoms with Crippen molar-refractivity contribution in [2.75, 3.05) is 18.5 Å². The topological polar surface area (TPSA) is 53.1 Å². The van der Waals surface area contributed by atoms with Gasteiger partial charge in [-0.15, -0.1) is 0 Å². The van der Waals surface area contributed by atoms with E-state index in [1.807, 2.05) is 13.0 Å². The number of benzene rings is 1. The summed E-state index contributed by atoms with van der Waals surface area (Å²) in [6.07, 6.45) is -2.41. The minimum atomic E-state index is -2.41. The van der Waals surface area contributed by atoms with Gasteiger partial charge in [-0.1, -0.05) is 12.1 Å². The molecule has 0 heterocycles. The summed E-state index contributed by atoms with van der Waals surface area (Å²) >= 11 is 0. The molecule has 88 valence electrons. The molecule has 1 rings (SSSR count). The standard InChI is InChI=1S/C11H15F2N3/c1-7-4-3-5-8(11(14)15)10(7)16(2)6-9(12)13/h3-5,9H,6H2,1-2H3,(H3,14,15). The Morgan fingerprint density at radius 1 is 1.50 bits per heavy atom. The van der Waals surface area contributed by atoms with Gasteiger partial charge in [-0.25, -0.2) is 8.78 Å². The normalized spacial score (nSPS) is 10.6. The second-order valence-electron chi connectivity index (χ2n) is 3.66. The van der Waals surface area contributed by atoms with Gasteiger partial charge in [-0.2, -0.15) is 0 Å². The van der Waals surface area contributed by atoms with Gasteiger partial charge >= 0.3 is 0 Å². The molecule has 0 saturated carbocycles. The van der Waals surface area contributed by atoms with E-state index >= 15 is 0 Å². The molecule has 3 nitrogen and oxygen atoms in total. The van der Waals surface area contributed by atoms with Crippen molar-refractivity contribution in [2.24, 2.45) is 5.73 Å². The fourth-order valence-electron chi connectivity index (χ4n) is 1.68. The number of hydrogen-bond acceptors (Lipinski definition) is 2. The summed E-state index contributed by atoms with van der Waals surface area (Å²) in [5.74, 6) is -0.111. The summed E-state index contributed by atoms with van der Waals surface area (Å²) in [6.45, 7) is 1.44. The number of aryl methyl sites for hydroxylation is 1. The average molecular weight is 227 g/mol. The second kappa shape index (κ2) is 4.92. The highest BCUT2D eigenvalue weighted by atomic mass is 19.3. The van der Waals surface area contributed by atoms with Gasteiger partial charge in [0.15, 0.2) is 0 Å². The van der Waals surface area contributed by atoms with Gasteiger partial charge in [0.1, 0.15) is 5.84 Å². The van der Waals surface area contributed by atoms with Gasteiger partial charge in [0.25, 0.3) is 6.43 Å². The van der Waals surface area contributed by atoms with Crippen molar-refractivity contribution in [3.8, 4) is 0 Å². The summed E-state index contributed by atoms with van der Waals surface area (Å²) in [5.41, 5.74) is 7.33. The molecule has 0 aliphatic carbocycles. The Balaban J connectivity index is 3.14.